The van der Waals surface area contributed by atoms with Crippen LogP contribution in [-0.2, 0) is 0 Å². The Labute approximate surface area is 168 Å². The number of hydrogen-bond acceptors (Lipinski definition) is 3. The smallest absolute Gasteiger partial charge is 0.651 e. The molecule has 0 aliphatic carbocycles. The summed E-state index contributed by atoms with van der Waals surface area (Å²) in [6.45, 7) is 9.97. The second kappa shape index (κ2) is 8.62. The largest absolute Gasteiger partial charge is 1.00 e. The maximum atomic E-state index is 11.6. The van der Waals surface area contributed by atoms with Crippen LogP contribution < -0.4 is 58.2 Å². The number of amides is 1. The molecule has 19 heavy (non-hydrogen) atoms. The van der Waals surface area contributed by atoms with Gasteiger partial charge in [-0.3, -0.25) is 0 Å². The van der Waals surface area contributed by atoms with Gasteiger partial charge in [-0.2, -0.15) is 0 Å². The normalized spacial score (nSPS) is 9.37. The summed E-state index contributed by atoms with van der Waals surface area (Å²) in [6, 6.07) is 2.04. The van der Waals surface area contributed by atoms with E-state index in [1.54, 1.807) is 0 Å². The molecule has 2 heterocycles. The average Bonchev–Trinajstić information content (AvgIpc) is 2.68. The molecule has 0 radical (unpaired) electrons. The fraction of sp³-hybridized carbons (Fsp3) is 0.429. The molecule has 5 heteroatoms. The molecule has 0 fully saturated rings. The van der Waals surface area contributed by atoms with Crippen LogP contribution in [0.25, 0.3) is 15.5 Å². The van der Waals surface area contributed by atoms with Gasteiger partial charge in [-0.05, 0) is 38.0 Å². The molecule has 0 N–H and O–H groups in total. The zero-order valence-electron chi connectivity index (χ0n) is 12.8. The Bertz CT molecular complexity index is 578. The van der Waals surface area contributed by atoms with Crippen molar-refractivity contribution in [1.29, 1.82) is 0 Å². The SMILES string of the molecule is CC.C[N-]C(=O)c1sc2nc(C)cc(C)c2c1C.[Rb+]. The minimum Gasteiger partial charge on any atom is -0.651 e. The second-order valence-corrected chi connectivity index (χ2v) is 4.84. The Morgan fingerprint density at radius 3 is 2.37 bits per heavy atom. The average molecular weight is 349 g/mol. The van der Waals surface area contributed by atoms with Crippen molar-refractivity contribution in [2.24, 2.45) is 0 Å². The first-order valence-electron chi connectivity index (χ1n) is 6.06. The molecule has 2 aromatic heterocycles. The predicted octanol–water partition coefficient (Wildman–Crippen LogP) is 1.40. The first-order valence-corrected chi connectivity index (χ1v) is 6.87. The van der Waals surface area contributed by atoms with Crippen molar-refractivity contribution in [3.63, 3.8) is 0 Å². The monoisotopic (exact) mass is 348 g/mol. The molecule has 2 aromatic rings. The van der Waals surface area contributed by atoms with E-state index in [2.05, 4.69) is 10.3 Å². The maximum Gasteiger partial charge on any atom is 1.00 e. The molecular weight excluding hydrogens is 330 g/mol. The zero-order chi connectivity index (χ0) is 13.9. The van der Waals surface area contributed by atoms with Crippen LogP contribution >= 0.6 is 11.3 Å². The van der Waals surface area contributed by atoms with E-state index >= 15 is 0 Å². The molecule has 0 unspecified atom stereocenters. The third kappa shape index (κ3) is 4.17. The van der Waals surface area contributed by atoms with Crippen molar-refractivity contribution in [1.82, 2.24) is 4.98 Å². The number of hydrogen-bond donors (Lipinski definition) is 0. The minimum atomic E-state index is -0.155. The second-order valence-electron chi connectivity index (χ2n) is 3.85. The van der Waals surface area contributed by atoms with Gasteiger partial charge in [0.2, 0.25) is 0 Å². The molecule has 0 saturated carbocycles. The topological polar surface area (TPSA) is 44.1 Å². The van der Waals surface area contributed by atoms with Gasteiger partial charge in [-0.15, -0.1) is 18.4 Å². The van der Waals surface area contributed by atoms with Gasteiger partial charge >= 0.3 is 58.2 Å². The van der Waals surface area contributed by atoms with Gasteiger partial charge in [0.05, 0.1) is 10.8 Å². The molecule has 0 atom stereocenters. The maximum absolute atomic E-state index is 11.6. The summed E-state index contributed by atoms with van der Waals surface area (Å²) in [5.74, 6) is -0.155. The fourth-order valence-corrected chi connectivity index (χ4v) is 3.16. The third-order valence-corrected chi connectivity index (χ3v) is 3.80. The molecule has 1 amide bonds. The van der Waals surface area contributed by atoms with Crippen LogP contribution in [0.3, 0.4) is 0 Å². The minimum absolute atomic E-state index is 0. The Hall–Kier alpha value is 0.385. The van der Waals surface area contributed by atoms with Crippen molar-refractivity contribution in [3.05, 3.63) is 33.1 Å². The van der Waals surface area contributed by atoms with Gasteiger partial charge in [0.1, 0.15) is 4.83 Å². The first kappa shape index (κ1) is 19.4. The molecule has 0 bridgehead atoms. The summed E-state index contributed by atoms with van der Waals surface area (Å²) in [4.78, 5) is 17.7. The Morgan fingerprint density at radius 1 is 1.26 bits per heavy atom. The predicted molar refractivity (Wildman–Crippen MR) is 78.8 cm³/mol. The van der Waals surface area contributed by atoms with Gasteiger partial charge in [-0.1, -0.05) is 13.8 Å². The van der Waals surface area contributed by atoms with E-state index in [0.717, 1.165) is 21.5 Å². The summed E-state index contributed by atoms with van der Waals surface area (Å²) in [7, 11) is 1.53. The Balaban J connectivity index is 0.00000103. The van der Waals surface area contributed by atoms with Crippen LogP contribution in [0.15, 0.2) is 6.07 Å². The molecule has 0 saturated heterocycles. The molecule has 98 valence electrons. The number of fused-ring (bicyclic) bond motifs is 1. The number of aromatic nitrogens is 1. The van der Waals surface area contributed by atoms with Crippen LogP contribution in [0.4, 0.5) is 0 Å². The van der Waals surface area contributed by atoms with Crippen LogP contribution in [-0.4, -0.2) is 17.9 Å². The van der Waals surface area contributed by atoms with Gasteiger partial charge in [0.15, 0.2) is 0 Å². The number of carbonyl (C=O) groups is 1. The Morgan fingerprint density at radius 2 is 1.84 bits per heavy atom. The zero-order valence-corrected chi connectivity index (χ0v) is 18.5. The summed E-state index contributed by atoms with van der Waals surface area (Å²) < 4.78 is 0. The quantitative estimate of drug-likeness (QED) is 0.782. The van der Waals surface area contributed by atoms with E-state index < -0.39 is 0 Å². The molecule has 0 aliphatic heterocycles. The van der Waals surface area contributed by atoms with E-state index in [-0.39, 0.29) is 64.1 Å². The van der Waals surface area contributed by atoms with Gasteiger partial charge < -0.3 is 10.1 Å². The Kier molecular flexibility index (Phi) is 8.80. The van der Waals surface area contributed by atoms with E-state index in [4.69, 9.17) is 0 Å². The molecule has 0 aromatic carbocycles. The van der Waals surface area contributed by atoms with E-state index in [1.807, 2.05) is 40.7 Å². The molecule has 2 rings (SSSR count). The summed E-state index contributed by atoms with van der Waals surface area (Å²) in [6.07, 6.45) is 0. The van der Waals surface area contributed by atoms with E-state index in [9.17, 15) is 4.79 Å². The molecule has 3 nitrogen and oxygen atoms in total. The number of rotatable bonds is 1. The van der Waals surface area contributed by atoms with E-state index in [0.29, 0.717) is 4.88 Å². The van der Waals surface area contributed by atoms with Crippen molar-refractivity contribution in [2.75, 3.05) is 7.05 Å². The number of pyridine rings is 1. The number of thiophene rings is 1. The summed E-state index contributed by atoms with van der Waals surface area (Å²) >= 11 is 1.43. The van der Waals surface area contributed by atoms with Crippen molar-refractivity contribution in [3.8, 4) is 0 Å². The van der Waals surface area contributed by atoms with E-state index in [1.165, 1.54) is 23.9 Å². The van der Waals surface area contributed by atoms with Crippen molar-refractivity contribution in [2.45, 2.75) is 34.6 Å². The summed E-state index contributed by atoms with van der Waals surface area (Å²) in [5.41, 5.74) is 3.16. The third-order valence-electron chi connectivity index (χ3n) is 2.62. The van der Waals surface area contributed by atoms with Gasteiger partial charge in [-0.25, -0.2) is 4.98 Å². The van der Waals surface area contributed by atoms with Gasteiger partial charge in [0, 0.05) is 11.1 Å². The van der Waals surface area contributed by atoms with Crippen molar-refractivity contribution >= 4 is 27.5 Å². The summed E-state index contributed by atoms with van der Waals surface area (Å²) in [5, 5.41) is 4.81. The number of nitrogens with zero attached hydrogens (tertiary/aromatic N) is 2. The van der Waals surface area contributed by atoms with Crippen LogP contribution in [0, 0.1) is 20.8 Å². The van der Waals surface area contributed by atoms with Crippen LogP contribution in [0.1, 0.15) is 40.3 Å². The number of carbonyl (C=O) groups excluding carboxylic acids is 1. The van der Waals surface area contributed by atoms with Crippen LogP contribution in [0.2, 0.25) is 0 Å². The standard InChI is InChI=1S/C12H14N2OS.C2H6.Rb/c1-6-5-7(2)14-12-9(6)8(3)10(16-12)11(15)13-4;1-2;/h5H,1-4H3,(H,13,15);1-2H3;/q;;+1/p-1. The van der Waals surface area contributed by atoms with Crippen LogP contribution in [0.5, 0.6) is 0 Å². The molecule has 0 spiro atoms. The number of aryl methyl sites for hydroxylation is 3. The first-order chi connectivity index (χ1) is 8.54. The van der Waals surface area contributed by atoms with Gasteiger partial charge in [0.25, 0.3) is 0 Å². The fourth-order valence-electron chi connectivity index (χ4n) is 1.92. The molecular formula is C14H19N2ORbS. The molecule has 0 aliphatic rings. The van der Waals surface area contributed by atoms with Crippen molar-refractivity contribution < 1.29 is 63.0 Å².